The number of hydrogen-bond acceptors (Lipinski definition) is 3. The van der Waals surface area contributed by atoms with Gasteiger partial charge in [-0.15, -0.1) is 0 Å². The molecule has 1 aliphatic carbocycles. The smallest absolute Gasteiger partial charge is 0.320 e. The molecule has 1 N–H and O–H groups in total. The van der Waals surface area contributed by atoms with Gasteiger partial charge in [-0.1, -0.05) is 12.1 Å². The van der Waals surface area contributed by atoms with Crippen LogP contribution >= 0.6 is 0 Å². The number of aliphatic carboxylic acids is 1. The number of halogens is 2. The highest BCUT2D eigenvalue weighted by atomic mass is 19.3. The highest BCUT2D eigenvalue weighted by molar-refractivity contribution is 5.88. The number of nitro benzene ring substituents is 1. The molecule has 5 nitrogen and oxygen atoms in total. The summed E-state index contributed by atoms with van der Waals surface area (Å²) in [7, 11) is 0. The summed E-state index contributed by atoms with van der Waals surface area (Å²) in [6, 6.07) is 3.41. The molecule has 7 heteroatoms. The Bertz CT molecular complexity index is 558. The van der Waals surface area contributed by atoms with E-state index in [1.807, 2.05) is 0 Å². The molecule has 1 atom stereocenters. The molecule has 1 unspecified atom stereocenters. The number of alkyl halides is 2. The Kier molecular flexibility index (Phi) is 2.39. The van der Waals surface area contributed by atoms with Crippen molar-refractivity contribution in [3.8, 4) is 0 Å². The minimum absolute atomic E-state index is 0.225. The minimum atomic E-state index is -3.36. The summed E-state index contributed by atoms with van der Waals surface area (Å²) in [6.07, 6.45) is -0.824. The zero-order valence-corrected chi connectivity index (χ0v) is 9.31. The summed E-state index contributed by atoms with van der Waals surface area (Å²) in [5.74, 6) is -5.02. The van der Waals surface area contributed by atoms with E-state index >= 15 is 0 Å². The number of hydrogen-bond donors (Lipinski definition) is 1. The fourth-order valence-corrected chi connectivity index (χ4v) is 2.03. The van der Waals surface area contributed by atoms with Gasteiger partial charge in [0.25, 0.3) is 11.6 Å². The number of rotatable bonds is 3. The van der Waals surface area contributed by atoms with Gasteiger partial charge in [-0.2, -0.15) is 0 Å². The third-order valence-electron chi connectivity index (χ3n) is 3.25. The predicted molar refractivity (Wildman–Crippen MR) is 56.7 cm³/mol. The Hall–Kier alpha value is -2.05. The molecule has 1 aromatic carbocycles. The molecular weight excluding hydrogens is 248 g/mol. The average Bonchev–Trinajstić information content (AvgIpc) is 2.83. The maximum Gasteiger partial charge on any atom is 0.320 e. The monoisotopic (exact) mass is 257 g/mol. The van der Waals surface area contributed by atoms with E-state index in [-0.39, 0.29) is 11.3 Å². The van der Waals surface area contributed by atoms with Gasteiger partial charge in [0.15, 0.2) is 5.41 Å². The van der Waals surface area contributed by atoms with Crippen LogP contribution in [0.5, 0.6) is 0 Å². The van der Waals surface area contributed by atoms with E-state index < -0.39 is 28.7 Å². The molecule has 0 amide bonds. The quantitative estimate of drug-likeness (QED) is 0.665. The third kappa shape index (κ3) is 1.47. The first-order valence-corrected chi connectivity index (χ1v) is 5.09. The lowest BCUT2D eigenvalue weighted by Gasteiger charge is -2.12. The van der Waals surface area contributed by atoms with Gasteiger partial charge < -0.3 is 5.11 Å². The molecule has 0 spiro atoms. The van der Waals surface area contributed by atoms with Crippen LogP contribution in [0.3, 0.4) is 0 Å². The molecule has 0 aromatic heterocycles. The van der Waals surface area contributed by atoms with Gasteiger partial charge in [-0.25, -0.2) is 8.78 Å². The lowest BCUT2D eigenvalue weighted by molar-refractivity contribution is -0.385. The summed E-state index contributed by atoms with van der Waals surface area (Å²) in [5.41, 5.74) is -2.59. The summed E-state index contributed by atoms with van der Waals surface area (Å²) in [4.78, 5) is 21.0. The fraction of sp³-hybridized carbons (Fsp3) is 0.364. The molecular formula is C11H9F2NO4. The van der Waals surface area contributed by atoms with Gasteiger partial charge >= 0.3 is 5.97 Å². The molecule has 0 radical (unpaired) electrons. The van der Waals surface area contributed by atoms with Gasteiger partial charge in [0, 0.05) is 18.1 Å². The summed E-state index contributed by atoms with van der Waals surface area (Å²) >= 11 is 0. The van der Waals surface area contributed by atoms with Gasteiger partial charge in [-0.05, 0) is 12.5 Å². The van der Waals surface area contributed by atoms with Crippen LogP contribution in [0, 0.1) is 17.0 Å². The highest BCUT2D eigenvalue weighted by Crippen LogP contribution is 2.62. The second-order valence-corrected chi connectivity index (χ2v) is 4.35. The first-order valence-electron chi connectivity index (χ1n) is 5.09. The number of nitro groups is 1. The van der Waals surface area contributed by atoms with E-state index in [0.29, 0.717) is 5.56 Å². The number of benzene rings is 1. The lowest BCUT2D eigenvalue weighted by atomic mass is 9.94. The summed E-state index contributed by atoms with van der Waals surface area (Å²) < 4.78 is 26.5. The fourth-order valence-electron chi connectivity index (χ4n) is 2.03. The molecule has 1 aliphatic rings. The van der Waals surface area contributed by atoms with Crippen molar-refractivity contribution >= 4 is 11.7 Å². The average molecular weight is 257 g/mol. The topological polar surface area (TPSA) is 80.4 Å². The number of aryl methyl sites for hydroxylation is 1. The number of carboxylic acids is 1. The van der Waals surface area contributed by atoms with Crippen molar-refractivity contribution in [3.05, 3.63) is 39.4 Å². The second kappa shape index (κ2) is 3.47. The largest absolute Gasteiger partial charge is 0.480 e. The van der Waals surface area contributed by atoms with Crippen LogP contribution in [-0.4, -0.2) is 21.9 Å². The Labute approximate surface area is 100 Å². The Morgan fingerprint density at radius 3 is 2.44 bits per heavy atom. The molecule has 1 fully saturated rings. The summed E-state index contributed by atoms with van der Waals surface area (Å²) in [5, 5.41) is 19.7. The number of carbonyl (C=O) groups is 1. The first-order chi connectivity index (χ1) is 8.22. The molecule has 2 rings (SSSR count). The molecule has 18 heavy (non-hydrogen) atoms. The number of nitrogens with zero attached hydrogens (tertiary/aromatic N) is 1. The Morgan fingerprint density at radius 1 is 1.50 bits per heavy atom. The summed E-state index contributed by atoms with van der Waals surface area (Å²) in [6.45, 7) is 1.46. The van der Waals surface area contributed by atoms with E-state index in [4.69, 9.17) is 5.11 Å². The van der Waals surface area contributed by atoms with Crippen molar-refractivity contribution in [3.63, 3.8) is 0 Å². The molecule has 0 saturated heterocycles. The van der Waals surface area contributed by atoms with Crippen LogP contribution in [0.2, 0.25) is 0 Å². The van der Waals surface area contributed by atoms with Crippen molar-refractivity contribution in [2.45, 2.75) is 24.7 Å². The van der Waals surface area contributed by atoms with E-state index in [1.54, 1.807) is 0 Å². The van der Waals surface area contributed by atoms with E-state index in [0.717, 1.165) is 6.07 Å². The second-order valence-electron chi connectivity index (χ2n) is 4.35. The van der Waals surface area contributed by atoms with E-state index in [1.165, 1.54) is 19.1 Å². The minimum Gasteiger partial charge on any atom is -0.480 e. The van der Waals surface area contributed by atoms with Gasteiger partial charge in [0.1, 0.15) is 0 Å². The molecule has 1 aromatic rings. The van der Waals surface area contributed by atoms with Crippen LogP contribution in [-0.2, 0) is 10.2 Å². The van der Waals surface area contributed by atoms with E-state index in [9.17, 15) is 23.7 Å². The SMILES string of the molecule is Cc1ccc(C2(C(=O)O)CC2(F)F)cc1[N+](=O)[O-]. The lowest BCUT2D eigenvalue weighted by Crippen LogP contribution is -2.27. The first kappa shape index (κ1) is 12.4. The molecule has 1 saturated carbocycles. The predicted octanol–water partition coefficient (Wildman–Crippen LogP) is 2.26. The molecule has 0 bridgehead atoms. The van der Waals surface area contributed by atoms with Crippen LogP contribution < -0.4 is 0 Å². The highest BCUT2D eigenvalue weighted by Gasteiger charge is 2.77. The maximum atomic E-state index is 13.3. The van der Waals surface area contributed by atoms with Crippen LogP contribution in [0.4, 0.5) is 14.5 Å². The van der Waals surface area contributed by atoms with Crippen molar-refractivity contribution < 1.29 is 23.6 Å². The zero-order chi connectivity index (χ0) is 13.7. The van der Waals surface area contributed by atoms with E-state index in [2.05, 4.69) is 0 Å². The van der Waals surface area contributed by atoms with Gasteiger partial charge in [0.05, 0.1) is 4.92 Å². The van der Waals surface area contributed by atoms with Crippen LogP contribution in [0.1, 0.15) is 17.5 Å². The Balaban J connectivity index is 2.56. The van der Waals surface area contributed by atoms with Gasteiger partial charge in [0.2, 0.25) is 0 Å². The Morgan fingerprint density at radius 2 is 2.06 bits per heavy atom. The zero-order valence-electron chi connectivity index (χ0n) is 9.31. The van der Waals surface area contributed by atoms with Crippen molar-refractivity contribution in [2.75, 3.05) is 0 Å². The normalized spacial score (nSPS) is 24.6. The molecule has 96 valence electrons. The van der Waals surface area contributed by atoms with Crippen molar-refractivity contribution in [1.29, 1.82) is 0 Å². The van der Waals surface area contributed by atoms with Crippen LogP contribution in [0.25, 0.3) is 0 Å². The van der Waals surface area contributed by atoms with Crippen LogP contribution in [0.15, 0.2) is 18.2 Å². The van der Waals surface area contributed by atoms with Gasteiger partial charge in [-0.3, -0.25) is 14.9 Å². The maximum absolute atomic E-state index is 13.3. The van der Waals surface area contributed by atoms with Crippen molar-refractivity contribution in [1.82, 2.24) is 0 Å². The molecule has 0 heterocycles. The molecule has 0 aliphatic heterocycles. The standard InChI is InChI=1S/C11H9F2NO4/c1-6-2-3-7(4-8(6)14(17)18)10(9(15)16)5-11(10,12)13/h2-4H,5H2,1H3,(H,15,16). The third-order valence-corrected chi connectivity index (χ3v) is 3.25. The van der Waals surface area contributed by atoms with Crippen molar-refractivity contribution in [2.24, 2.45) is 0 Å². The number of carboxylic acid groups (broad SMARTS) is 1.